The van der Waals surface area contributed by atoms with E-state index in [1.807, 2.05) is 49.3 Å². The molecule has 0 saturated carbocycles. The van der Waals surface area contributed by atoms with Crippen LogP contribution in [0, 0.1) is 0 Å². The number of ether oxygens (including phenoxy) is 3. The van der Waals surface area contributed by atoms with Crippen LogP contribution in [-0.4, -0.2) is 87.1 Å². The molecule has 10 nitrogen and oxygen atoms in total. The number of nitrogens with one attached hydrogen (secondary N) is 2. The van der Waals surface area contributed by atoms with Crippen molar-refractivity contribution < 1.29 is 28.6 Å². The van der Waals surface area contributed by atoms with Crippen LogP contribution in [0.15, 0.2) is 42.5 Å². The molecule has 1 fully saturated rings. The van der Waals surface area contributed by atoms with Crippen molar-refractivity contribution in [3.8, 4) is 17.2 Å². The second-order valence-corrected chi connectivity index (χ2v) is 9.56. The van der Waals surface area contributed by atoms with E-state index in [0.29, 0.717) is 43.3 Å². The molecule has 3 amide bonds. The van der Waals surface area contributed by atoms with Gasteiger partial charge >= 0.3 is 0 Å². The molecule has 0 radical (unpaired) electrons. The van der Waals surface area contributed by atoms with Crippen molar-refractivity contribution in [2.45, 2.75) is 31.5 Å². The number of fused-ring (bicyclic) bond motifs is 9. The van der Waals surface area contributed by atoms with Gasteiger partial charge in [0, 0.05) is 19.5 Å². The van der Waals surface area contributed by atoms with E-state index in [1.165, 1.54) is 7.11 Å². The average molecular weight is 511 g/mol. The fourth-order valence-electron chi connectivity index (χ4n) is 4.39. The van der Waals surface area contributed by atoms with Crippen LogP contribution in [0.4, 0.5) is 0 Å². The van der Waals surface area contributed by atoms with Crippen LogP contribution in [0.2, 0.25) is 0 Å². The molecule has 2 N–H and O–H groups in total. The Morgan fingerprint density at radius 2 is 1.81 bits per heavy atom. The third-order valence-corrected chi connectivity index (χ3v) is 6.34. The minimum absolute atomic E-state index is 0.0124. The standard InChI is InChI=1S/C27H34N4O6/c1-30(2)16-27(34)31-14-21-24(15-31)37-20-8-4-19(5-9-20)13-28-26(33)17-36-23-12-18(6-10-22(23)35-3)7-11-25(32)29-21/h4-6,8-10,12,21,24H,7,11,13-17H2,1-3H3,(H,28,33)(H,29,32)/t21-,24-/m0/s1. The maximum absolute atomic E-state index is 12.9. The molecule has 0 aromatic heterocycles. The summed E-state index contributed by atoms with van der Waals surface area (Å²) in [4.78, 5) is 41.5. The number of amides is 3. The summed E-state index contributed by atoms with van der Waals surface area (Å²) in [5, 5.41) is 5.92. The molecule has 3 heterocycles. The first-order chi connectivity index (χ1) is 17.8. The zero-order valence-corrected chi connectivity index (χ0v) is 21.5. The monoisotopic (exact) mass is 510 g/mol. The van der Waals surface area contributed by atoms with E-state index >= 15 is 0 Å². The average Bonchev–Trinajstić information content (AvgIpc) is 3.27. The van der Waals surface area contributed by atoms with E-state index in [2.05, 4.69) is 10.6 Å². The van der Waals surface area contributed by atoms with Gasteiger partial charge in [-0.3, -0.25) is 14.4 Å². The fraction of sp³-hybridized carbons (Fsp3) is 0.444. The largest absolute Gasteiger partial charge is 0.493 e. The summed E-state index contributed by atoms with van der Waals surface area (Å²) < 4.78 is 17.3. The van der Waals surface area contributed by atoms with Crippen molar-refractivity contribution in [2.75, 3.05) is 47.4 Å². The number of hydrogen-bond acceptors (Lipinski definition) is 7. The summed E-state index contributed by atoms with van der Waals surface area (Å²) in [5.41, 5.74) is 1.78. The molecule has 0 aliphatic carbocycles. The predicted molar refractivity (Wildman–Crippen MR) is 137 cm³/mol. The van der Waals surface area contributed by atoms with Crippen LogP contribution in [0.1, 0.15) is 17.5 Å². The van der Waals surface area contributed by atoms with Crippen LogP contribution in [-0.2, 0) is 27.3 Å². The van der Waals surface area contributed by atoms with Gasteiger partial charge in [0.25, 0.3) is 5.91 Å². The van der Waals surface area contributed by atoms with Gasteiger partial charge in [0.2, 0.25) is 11.8 Å². The van der Waals surface area contributed by atoms with Crippen LogP contribution < -0.4 is 24.8 Å². The lowest BCUT2D eigenvalue weighted by atomic mass is 10.1. The first kappa shape index (κ1) is 26.3. The Morgan fingerprint density at radius 1 is 1.05 bits per heavy atom. The van der Waals surface area contributed by atoms with Crippen molar-refractivity contribution in [1.82, 2.24) is 20.4 Å². The van der Waals surface area contributed by atoms with Crippen LogP contribution in [0.5, 0.6) is 17.2 Å². The number of hydrogen-bond donors (Lipinski definition) is 2. The van der Waals surface area contributed by atoms with Crippen molar-refractivity contribution >= 4 is 17.7 Å². The van der Waals surface area contributed by atoms with E-state index in [0.717, 1.165) is 11.1 Å². The molecule has 3 aliphatic rings. The van der Waals surface area contributed by atoms with E-state index in [-0.39, 0.29) is 49.4 Å². The first-order valence-electron chi connectivity index (χ1n) is 12.3. The fourth-order valence-corrected chi connectivity index (χ4v) is 4.39. The summed E-state index contributed by atoms with van der Waals surface area (Å²) in [6, 6.07) is 12.5. The molecule has 0 spiro atoms. The summed E-state index contributed by atoms with van der Waals surface area (Å²) in [6.45, 7) is 1.24. The lowest BCUT2D eigenvalue weighted by Crippen LogP contribution is -2.45. The van der Waals surface area contributed by atoms with Gasteiger partial charge in [-0.15, -0.1) is 0 Å². The second kappa shape index (κ2) is 12.0. The van der Waals surface area contributed by atoms with Gasteiger partial charge < -0.3 is 34.6 Å². The number of carbonyl (C=O) groups is 3. The minimum atomic E-state index is -0.385. The zero-order chi connectivity index (χ0) is 26.4. The van der Waals surface area contributed by atoms with E-state index < -0.39 is 0 Å². The molecule has 2 aromatic carbocycles. The van der Waals surface area contributed by atoms with Gasteiger partial charge in [0.1, 0.15) is 11.9 Å². The molecule has 3 aliphatic heterocycles. The molecule has 10 heteroatoms. The third-order valence-electron chi connectivity index (χ3n) is 6.34. The molecule has 0 unspecified atom stereocenters. The van der Waals surface area contributed by atoms with Crippen LogP contribution >= 0.6 is 0 Å². The Labute approximate surface area is 216 Å². The lowest BCUT2D eigenvalue weighted by molar-refractivity contribution is -0.131. The topological polar surface area (TPSA) is 109 Å². The Kier molecular flexibility index (Phi) is 8.50. The summed E-state index contributed by atoms with van der Waals surface area (Å²) in [5.74, 6) is 1.17. The van der Waals surface area contributed by atoms with Gasteiger partial charge in [-0.2, -0.15) is 0 Å². The van der Waals surface area contributed by atoms with Crippen molar-refractivity contribution in [1.29, 1.82) is 0 Å². The van der Waals surface area contributed by atoms with Crippen LogP contribution in [0.3, 0.4) is 0 Å². The Hall–Kier alpha value is -3.79. The Morgan fingerprint density at radius 3 is 2.54 bits per heavy atom. The third kappa shape index (κ3) is 7.13. The van der Waals surface area contributed by atoms with Gasteiger partial charge in [0.15, 0.2) is 18.1 Å². The van der Waals surface area contributed by atoms with E-state index in [1.54, 1.807) is 17.0 Å². The Balaban J connectivity index is 1.55. The highest BCUT2D eigenvalue weighted by molar-refractivity contribution is 5.80. The molecule has 198 valence electrons. The van der Waals surface area contributed by atoms with Gasteiger partial charge in [-0.05, 0) is 55.9 Å². The first-order valence-corrected chi connectivity index (χ1v) is 12.3. The summed E-state index contributed by atoms with van der Waals surface area (Å²) in [7, 11) is 5.23. The minimum Gasteiger partial charge on any atom is -0.493 e. The zero-order valence-electron chi connectivity index (χ0n) is 21.5. The van der Waals surface area contributed by atoms with Crippen molar-refractivity contribution in [2.24, 2.45) is 0 Å². The number of rotatable bonds is 3. The highest BCUT2D eigenvalue weighted by Gasteiger charge is 2.37. The van der Waals surface area contributed by atoms with E-state index in [9.17, 15) is 14.4 Å². The normalized spacial score (nSPS) is 20.5. The Bertz CT molecular complexity index is 1120. The molecule has 37 heavy (non-hydrogen) atoms. The van der Waals surface area contributed by atoms with Crippen molar-refractivity contribution in [3.05, 3.63) is 53.6 Å². The van der Waals surface area contributed by atoms with E-state index in [4.69, 9.17) is 14.2 Å². The lowest BCUT2D eigenvalue weighted by Gasteiger charge is -2.21. The maximum Gasteiger partial charge on any atom is 0.258 e. The van der Waals surface area contributed by atoms with Crippen LogP contribution in [0.25, 0.3) is 0 Å². The molecule has 2 aromatic rings. The number of methoxy groups -OCH3 is 1. The molecule has 2 atom stereocenters. The highest BCUT2D eigenvalue weighted by Crippen LogP contribution is 2.28. The summed E-state index contributed by atoms with van der Waals surface area (Å²) >= 11 is 0. The van der Waals surface area contributed by atoms with Gasteiger partial charge in [-0.25, -0.2) is 0 Å². The number of nitrogens with zero attached hydrogens (tertiary/aromatic N) is 2. The highest BCUT2D eigenvalue weighted by atomic mass is 16.5. The molecule has 4 bridgehead atoms. The molecule has 1 saturated heterocycles. The summed E-state index contributed by atoms with van der Waals surface area (Å²) in [6.07, 6.45) is 0.334. The van der Waals surface area contributed by atoms with Gasteiger partial charge in [-0.1, -0.05) is 18.2 Å². The van der Waals surface area contributed by atoms with Gasteiger partial charge in [0.05, 0.1) is 26.2 Å². The number of carbonyl (C=O) groups excluding carboxylic acids is 3. The molecular formula is C27H34N4O6. The molecular weight excluding hydrogens is 476 g/mol. The SMILES string of the molecule is COc1ccc2cc1OCC(=O)NCc1ccc(cc1)O[C@H]1CN(C(=O)CN(C)C)C[C@@H]1NC(=O)CC2. The predicted octanol–water partition coefficient (Wildman–Crippen LogP) is 0.973. The number of likely N-dealkylation sites (tertiary alicyclic amines) is 1. The second-order valence-electron chi connectivity index (χ2n) is 9.56. The number of likely N-dealkylation sites (N-methyl/N-ethyl adjacent to an activating group) is 1. The number of benzene rings is 2. The quantitative estimate of drug-likeness (QED) is 0.634. The maximum atomic E-state index is 12.9. The smallest absolute Gasteiger partial charge is 0.258 e. The number of aryl methyl sites for hydroxylation is 1. The molecule has 5 rings (SSSR count). The van der Waals surface area contributed by atoms with Crippen molar-refractivity contribution in [3.63, 3.8) is 0 Å².